The van der Waals surface area contributed by atoms with Gasteiger partial charge in [0.15, 0.2) is 12.1 Å². The molecule has 3 N–H and O–H groups in total. The first-order chi connectivity index (χ1) is 20.6. The minimum atomic E-state index is -0.551. The molecule has 0 saturated carbocycles. The van der Waals surface area contributed by atoms with Gasteiger partial charge >= 0.3 is 6.03 Å². The van der Waals surface area contributed by atoms with Gasteiger partial charge < -0.3 is 39.6 Å². The van der Waals surface area contributed by atoms with Gasteiger partial charge in [-0.1, -0.05) is 66.7 Å². The predicted octanol–water partition coefficient (Wildman–Crippen LogP) is 4.88. The molecule has 1 spiro atoms. The highest BCUT2D eigenvalue weighted by molar-refractivity contribution is 5.89. The van der Waals surface area contributed by atoms with Gasteiger partial charge in [-0.25, -0.2) is 4.79 Å². The minimum absolute atomic E-state index is 0.00864. The van der Waals surface area contributed by atoms with Crippen LogP contribution in [0.5, 0.6) is 0 Å². The van der Waals surface area contributed by atoms with Crippen molar-refractivity contribution in [3.8, 4) is 0 Å². The van der Waals surface area contributed by atoms with Crippen molar-refractivity contribution in [2.24, 2.45) is 0 Å². The fraction of sp³-hybridized carbons (Fsp3) is 0.424. The number of amides is 2. The fourth-order valence-corrected chi connectivity index (χ4v) is 5.86. The third kappa shape index (κ3) is 7.18. The van der Waals surface area contributed by atoms with Crippen LogP contribution < -0.4 is 10.6 Å². The summed E-state index contributed by atoms with van der Waals surface area (Å²) < 4.78 is 24.8. The number of benzene rings is 3. The van der Waals surface area contributed by atoms with Crippen LogP contribution >= 0.6 is 0 Å². The normalized spacial score (nSPS) is 24.0. The molecule has 0 bridgehead atoms. The molecule has 3 aromatic rings. The molecule has 3 saturated heterocycles. The lowest BCUT2D eigenvalue weighted by atomic mass is 9.98. The van der Waals surface area contributed by atoms with E-state index >= 15 is 0 Å². The number of piperidine rings is 1. The van der Waals surface area contributed by atoms with Gasteiger partial charge in [-0.2, -0.15) is 0 Å². The van der Waals surface area contributed by atoms with Crippen LogP contribution in [0.4, 0.5) is 10.5 Å². The van der Waals surface area contributed by atoms with Crippen LogP contribution in [0.2, 0.25) is 0 Å². The number of ether oxygens (including phenoxy) is 4. The average Bonchev–Trinajstić information content (AvgIpc) is 3.50. The van der Waals surface area contributed by atoms with E-state index < -0.39 is 12.1 Å². The van der Waals surface area contributed by atoms with Gasteiger partial charge in [0.05, 0.1) is 32.0 Å². The summed E-state index contributed by atoms with van der Waals surface area (Å²) >= 11 is 0. The van der Waals surface area contributed by atoms with E-state index in [0.29, 0.717) is 25.4 Å². The molecule has 3 atom stereocenters. The van der Waals surface area contributed by atoms with Gasteiger partial charge in [-0.15, -0.1) is 0 Å². The van der Waals surface area contributed by atoms with Crippen molar-refractivity contribution in [1.29, 1.82) is 0 Å². The molecule has 9 heteroatoms. The maximum absolute atomic E-state index is 12.4. The van der Waals surface area contributed by atoms with E-state index in [2.05, 4.69) is 15.5 Å². The summed E-state index contributed by atoms with van der Waals surface area (Å²) in [5, 5.41) is 15.3. The lowest BCUT2D eigenvalue weighted by Crippen LogP contribution is -2.48. The zero-order chi connectivity index (χ0) is 28.8. The van der Waals surface area contributed by atoms with Crippen LogP contribution in [-0.2, 0) is 32.1 Å². The van der Waals surface area contributed by atoms with E-state index in [4.69, 9.17) is 18.9 Å². The molecule has 222 valence electrons. The van der Waals surface area contributed by atoms with E-state index in [1.54, 1.807) is 0 Å². The maximum atomic E-state index is 12.4. The molecule has 3 aliphatic heterocycles. The van der Waals surface area contributed by atoms with Gasteiger partial charge in [0.25, 0.3) is 0 Å². The molecular weight excluding hydrogens is 534 g/mol. The molecular formula is C33H39N3O6. The van der Waals surface area contributed by atoms with Gasteiger partial charge in [-0.05, 0) is 28.8 Å². The zero-order valence-corrected chi connectivity index (χ0v) is 23.7. The molecule has 0 radical (unpaired) electrons. The summed E-state index contributed by atoms with van der Waals surface area (Å²) in [5.41, 5.74) is 4.54. The van der Waals surface area contributed by atoms with Crippen LogP contribution in [0.3, 0.4) is 0 Å². The van der Waals surface area contributed by atoms with E-state index in [9.17, 15) is 9.90 Å². The Morgan fingerprint density at radius 2 is 1.55 bits per heavy atom. The maximum Gasteiger partial charge on any atom is 0.319 e. The number of rotatable bonds is 8. The first-order valence-corrected chi connectivity index (χ1v) is 14.8. The molecule has 6 rings (SSSR count). The second kappa shape index (κ2) is 13.3. The number of carbonyl (C=O) groups is 1. The highest BCUT2D eigenvalue weighted by Gasteiger charge is 2.41. The Balaban J connectivity index is 1.10. The summed E-state index contributed by atoms with van der Waals surface area (Å²) in [7, 11) is 0. The zero-order valence-electron chi connectivity index (χ0n) is 23.7. The number of hydrogen-bond donors (Lipinski definition) is 3. The SMILES string of the molecule is O=C(NCc1ccccc1)Nc1ccc(C2OC(CN3CCC4(CC3)OCCO4)CC(c3ccc(CO)cc3)O2)cc1. The Labute approximate surface area is 246 Å². The smallest absolute Gasteiger partial charge is 0.319 e. The number of aliphatic hydroxyl groups is 1. The van der Waals surface area contributed by atoms with Gasteiger partial charge in [-0.3, -0.25) is 0 Å². The third-order valence-corrected chi connectivity index (χ3v) is 8.24. The van der Waals surface area contributed by atoms with Gasteiger partial charge in [0.1, 0.15) is 0 Å². The highest BCUT2D eigenvalue weighted by Crippen LogP contribution is 2.39. The molecule has 42 heavy (non-hydrogen) atoms. The molecule has 3 aromatic carbocycles. The monoisotopic (exact) mass is 573 g/mol. The van der Waals surface area contributed by atoms with Gasteiger partial charge in [0, 0.05) is 56.7 Å². The summed E-state index contributed by atoms with van der Waals surface area (Å²) in [6.07, 6.45) is 1.71. The molecule has 9 nitrogen and oxygen atoms in total. The van der Waals surface area contributed by atoms with Crippen LogP contribution in [0.1, 0.15) is 53.9 Å². The molecule has 2 amide bonds. The predicted molar refractivity (Wildman–Crippen MR) is 157 cm³/mol. The summed E-state index contributed by atoms with van der Waals surface area (Å²) in [4.78, 5) is 14.9. The quantitative estimate of drug-likeness (QED) is 0.353. The third-order valence-electron chi connectivity index (χ3n) is 8.24. The Morgan fingerprint density at radius 1 is 0.857 bits per heavy atom. The van der Waals surface area contributed by atoms with Crippen molar-refractivity contribution in [2.45, 2.75) is 56.7 Å². The first kappa shape index (κ1) is 28.8. The number of aliphatic hydroxyl groups excluding tert-OH is 1. The Hall–Kier alpha value is -3.31. The number of likely N-dealkylation sites (tertiary alicyclic amines) is 1. The number of anilines is 1. The topological polar surface area (TPSA) is 102 Å². The van der Waals surface area contributed by atoms with Crippen LogP contribution in [0, 0.1) is 0 Å². The number of nitrogens with zero attached hydrogens (tertiary/aromatic N) is 1. The van der Waals surface area contributed by atoms with Crippen LogP contribution in [-0.4, -0.2) is 60.8 Å². The Morgan fingerprint density at radius 3 is 2.24 bits per heavy atom. The fourth-order valence-electron chi connectivity index (χ4n) is 5.86. The van der Waals surface area contributed by atoms with Crippen molar-refractivity contribution in [1.82, 2.24) is 10.2 Å². The van der Waals surface area contributed by atoms with Crippen molar-refractivity contribution >= 4 is 11.7 Å². The van der Waals surface area contributed by atoms with Crippen molar-refractivity contribution in [3.63, 3.8) is 0 Å². The van der Waals surface area contributed by atoms with E-state index in [-0.39, 0.29) is 24.8 Å². The van der Waals surface area contributed by atoms with Crippen molar-refractivity contribution < 1.29 is 28.8 Å². The van der Waals surface area contributed by atoms with E-state index in [1.807, 2.05) is 78.9 Å². The second-order valence-electron chi connectivity index (χ2n) is 11.2. The average molecular weight is 574 g/mol. The van der Waals surface area contributed by atoms with Crippen molar-refractivity contribution in [2.75, 3.05) is 38.2 Å². The van der Waals surface area contributed by atoms with E-state index in [1.165, 1.54) is 0 Å². The summed E-state index contributed by atoms with van der Waals surface area (Å²) in [6.45, 7) is 4.40. The summed E-state index contributed by atoms with van der Waals surface area (Å²) in [5.74, 6) is -0.402. The number of carbonyl (C=O) groups excluding carboxylic acids is 1. The van der Waals surface area contributed by atoms with Crippen LogP contribution in [0.15, 0.2) is 78.9 Å². The molecule has 3 fully saturated rings. The first-order valence-electron chi connectivity index (χ1n) is 14.8. The standard InChI is InChI=1S/C33H39N3O6/c37-23-25-6-8-26(9-7-25)30-20-29(22-36-16-14-33(15-17-36)39-18-19-40-33)41-31(42-30)27-10-12-28(13-11-27)35-32(38)34-21-24-4-2-1-3-5-24/h1-13,29-31,37H,14-23H2,(H2,34,35,38). The van der Waals surface area contributed by atoms with Crippen molar-refractivity contribution in [3.05, 3.63) is 101 Å². The summed E-state index contributed by atoms with van der Waals surface area (Å²) in [6, 6.07) is 25.1. The Bertz CT molecular complexity index is 1290. The van der Waals surface area contributed by atoms with Gasteiger partial charge in [0.2, 0.25) is 0 Å². The van der Waals surface area contributed by atoms with Crippen LogP contribution in [0.25, 0.3) is 0 Å². The minimum Gasteiger partial charge on any atom is -0.392 e. The second-order valence-corrected chi connectivity index (χ2v) is 11.2. The molecule has 3 heterocycles. The molecule has 3 unspecified atom stereocenters. The number of urea groups is 1. The largest absolute Gasteiger partial charge is 0.392 e. The Kier molecular flexibility index (Phi) is 9.14. The highest BCUT2D eigenvalue weighted by atomic mass is 16.7. The number of nitrogens with one attached hydrogen (secondary N) is 2. The molecule has 0 aliphatic carbocycles. The molecule has 0 aromatic heterocycles. The molecule has 3 aliphatic rings. The number of hydrogen-bond acceptors (Lipinski definition) is 7. The lowest BCUT2D eigenvalue weighted by Gasteiger charge is -2.41. The lowest BCUT2D eigenvalue weighted by molar-refractivity contribution is -0.255. The van der Waals surface area contributed by atoms with E-state index in [0.717, 1.165) is 61.2 Å².